The number of aromatic nitrogens is 3. The van der Waals surface area contributed by atoms with Crippen LogP contribution in [0.15, 0.2) is 61.2 Å². The highest BCUT2D eigenvalue weighted by Gasteiger charge is 2.39. The molecule has 0 aliphatic rings. The van der Waals surface area contributed by atoms with Crippen molar-refractivity contribution in [2.75, 3.05) is 7.11 Å². The van der Waals surface area contributed by atoms with E-state index in [1.165, 1.54) is 17.3 Å². The molecule has 0 aliphatic heterocycles. The zero-order chi connectivity index (χ0) is 17.9. The van der Waals surface area contributed by atoms with Crippen LogP contribution in [0.3, 0.4) is 0 Å². The minimum atomic E-state index is -1.62. The topological polar surface area (TPSA) is 80.4 Å². The lowest BCUT2D eigenvalue weighted by molar-refractivity contribution is -0.0965. The molecule has 0 aliphatic carbocycles. The minimum Gasteiger partial charge on any atom is -0.497 e. The minimum absolute atomic E-state index is 0.0296. The highest BCUT2D eigenvalue weighted by atomic mass is 35.5. The summed E-state index contributed by atoms with van der Waals surface area (Å²) in [6, 6.07) is 13.6. The summed E-state index contributed by atoms with van der Waals surface area (Å²) in [4.78, 5) is 3.89. The van der Waals surface area contributed by atoms with E-state index in [1.807, 2.05) is 0 Å². The molecule has 2 unspecified atom stereocenters. The van der Waals surface area contributed by atoms with E-state index in [4.69, 9.17) is 16.3 Å². The Bertz CT molecular complexity index is 807. The molecule has 0 radical (unpaired) electrons. The number of hydrogen-bond donors (Lipinski definition) is 2. The fraction of sp³-hybridized carbons (Fsp3) is 0.222. The van der Waals surface area contributed by atoms with E-state index in [1.54, 1.807) is 55.6 Å². The SMILES string of the molecule is COc1ccc(C(O)C(O)(Cn2cncn2)c2ccc(Cl)cc2)cc1. The van der Waals surface area contributed by atoms with Crippen molar-refractivity contribution in [2.24, 2.45) is 0 Å². The van der Waals surface area contributed by atoms with E-state index in [0.717, 1.165) is 0 Å². The van der Waals surface area contributed by atoms with Gasteiger partial charge in [-0.1, -0.05) is 35.9 Å². The van der Waals surface area contributed by atoms with Gasteiger partial charge in [0.1, 0.15) is 30.1 Å². The lowest BCUT2D eigenvalue weighted by Crippen LogP contribution is -2.38. The molecule has 7 heteroatoms. The smallest absolute Gasteiger partial charge is 0.139 e. The van der Waals surface area contributed by atoms with Crippen LogP contribution >= 0.6 is 11.6 Å². The highest BCUT2D eigenvalue weighted by molar-refractivity contribution is 6.30. The summed E-state index contributed by atoms with van der Waals surface area (Å²) >= 11 is 5.95. The van der Waals surface area contributed by atoms with Crippen LogP contribution in [0.4, 0.5) is 0 Å². The van der Waals surface area contributed by atoms with Gasteiger partial charge in [0.05, 0.1) is 13.7 Å². The molecule has 2 aromatic carbocycles. The maximum Gasteiger partial charge on any atom is 0.139 e. The van der Waals surface area contributed by atoms with E-state index in [9.17, 15) is 10.2 Å². The molecule has 3 rings (SSSR count). The van der Waals surface area contributed by atoms with Crippen molar-refractivity contribution in [3.05, 3.63) is 77.3 Å². The second-order valence-corrected chi connectivity index (χ2v) is 6.14. The summed E-state index contributed by atoms with van der Waals surface area (Å²) < 4.78 is 6.61. The van der Waals surface area contributed by atoms with Crippen molar-refractivity contribution in [2.45, 2.75) is 18.2 Å². The summed E-state index contributed by atoms with van der Waals surface area (Å²) in [6.07, 6.45) is 1.67. The first-order valence-corrected chi connectivity index (χ1v) is 8.03. The second kappa shape index (κ2) is 7.23. The lowest BCUT2D eigenvalue weighted by Gasteiger charge is -2.33. The Morgan fingerprint density at radius 1 is 1.16 bits per heavy atom. The fourth-order valence-corrected chi connectivity index (χ4v) is 2.82. The predicted octanol–water partition coefficient (Wildman–Crippen LogP) is 2.56. The summed E-state index contributed by atoms with van der Waals surface area (Å²) in [5, 5.41) is 26.9. The van der Waals surface area contributed by atoms with Crippen LogP contribution in [0.25, 0.3) is 0 Å². The number of methoxy groups -OCH3 is 1. The van der Waals surface area contributed by atoms with Gasteiger partial charge < -0.3 is 14.9 Å². The monoisotopic (exact) mass is 359 g/mol. The number of nitrogens with zero attached hydrogens (tertiary/aromatic N) is 3. The van der Waals surface area contributed by atoms with Crippen molar-refractivity contribution < 1.29 is 14.9 Å². The number of rotatable bonds is 6. The van der Waals surface area contributed by atoms with Crippen molar-refractivity contribution in [1.29, 1.82) is 0 Å². The second-order valence-electron chi connectivity index (χ2n) is 5.70. The Morgan fingerprint density at radius 2 is 1.84 bits per heavy atom. The lowest BCUT2D eigenvalue weighted by atomic mass is 9.84. The van der Waals surface area contributed by atoms with Gasteiger partial charge in [0, 0.05) is 5.02 Å². The van der Waals surface area contributed by atoms with E-state index in [-0.39, 0.29) is 6.54 Å². The van der Waals surface area contributed by atoms with E-state index >= 15 is 0 Å². The van der Waals surface area contributed by atoms with Gasteiger partial charge in [0.15, 0.2) is 0 Å². The normalized spacial score (nSPS) is 14.7. The van der Waals surface area contributed by atoms with Crippen molar-refractivity contribution >= 4 is 11.6 Å². The molecule has 0 saturated carbocycles. The summed E-state index contributed by atoms with van der Waals surface area (Å²) in [5.41, 5.74) is -0.540. The molecule has 6 nitrogen and oxygen atoms in total. The molecule has 130 valence electrons. The number of aliphatic hydroxyl groups is 2. The van der Waals surface area contributed by atoms with Crippen molar-refractivity contribution in [1.82, 2.24) is 14.8 Å². The Kier molecular flexibility index (Phi) is 5.03. The van der Waals surface area contributed by atoms with Gasteiger partial charge in [0.25, 0.3) is 0 Å². The number of hydrogen-bond acceptors (Lipinski definition) is 5. The molecule has 1 aromatic heterocycles. The van der Waals surface area contributed by atoms with Gasteiger partial charge in [-0.3, -0.25) is 0 Å². The molecule has 2 atom stereocenters. The molecular formula is C18H18ClN3O3. The van der Waals surface area contributed by atoms with Crippen LogP contribution in [0, 0.1) is 0 Å². The average molecular weight is 360 g/mol. The average Bonchev–Trinajstić information content (AvgIpc) is 3.14. The maximum atomic E-state index is 11.4. The molecule has 1 heterocycles. The first-order chi connectivity index (χ1) is 12.0. The summed E-state index contributed by atoms with van der Waals surface area (Å²) in [6.45, 7) is 0.0296. The van der Waals surface area contributed by atoms with Crippen molar-refractivity contribution in [3.63, 3.8) is 0 Å². The third-order valence-electron chi connectivity index (χ3n) is 4.10. The maximum absolute atomic E-state index is 11.4. The summed E-state index contributed by atoms with van der Waals surface area (Å²) in [7, 11) is 1.57. The molecule has 3 aromatic rings. The Balaban J connectivity index is 2.00. The first-order valence-electron chi connectivity index (χ1n) is 7.66. The third kappa shape index (κ3) is 3.66. The largest absolute Gasteiger partial charge is 0.497 e. The van der Waals surface area contributed by atoms with Gasteiger partial charge in [-0.05, 0) is 35.4 Å². The van der Waals surface area contributed by atoms with Crippen LogP contribution < -0.4 is 4.74 Å². The third-order valence-corrected chi connectivity index (χ3v) is 4.35. The molecule has 0 bridgehead atoms. The van der Waals surface area contributed by atoms with Crippen molar-refractivity contribution in [3.8, 4) is 5.75 Å². The van der Waals surface area contributed by atoms with Gasteiger partial charge in [-0.25, -0.2) is 9.67 Å². The number of aliphatic hydroxyl groups excluding tert-OH is 1. The van der Waals surface area contributed by atoms with Crippen LogP contribution in [0.2, 0.25) is 5.02 Å². The Labute approximate surface area is 150 Å². The fourth-order valence-electron chi connectivity index (χ4n) is 2.70. The molecule has 2 N–H and O–H groups in total. The number of ether oxygens (including phenoxy) is 1. The van der Waals surface area contributed by atoms with E-state index in [0.29, 0.717) is 21.9 Å². The van der Waals surface area contributed by atoms with E-state index < -0.39 is 11.7 Å². The number of benzene rings is 2. The van der Waals surface area contributed by atoms with Gasteiger partial charge in [-0.15, -0.1) is 0 Å². The zero-order valence-corrected chi connectivity index (χ0v) is 14.3. The molecule has 0 saturated heterocycles. The van der Waals surface area contributed by atoms with Crippen LogP contribution in [-0.2, 0) is 12.1 Å². The molecule has 25 heavy (non-hydrogen) atoms. The molecule has 0 amide bonds. The standard InChI is InChI=1S/C18H18ClN3O3/c1-25-16-8-2-13(3-9-16)17(23)18(24,10-22-12-20-11-21-22)14-4-6-15(19)7-5-14/h2-9,11-12,17,23-24H,10H2,1H3. The Hall–Kier alpha value is -2.41. The molecule has 0 fully saturated rings. The predicted molar refractivity (Wildman–Crippen MR) is 93.3 cm³/mol. The quantitative estimate of drug-likeness (QED) is 0.707. The van der Waals surface area contributed by atoms with E-state index in [2.05, 4.69) is 10.1 Å². The molecular weight excluding hydrogens is 342 g/mol. The first kappa shape index (κ1) is 17.4. The van der Waals surface area contributed by atoms with Crippen LogP contribution in [0.1, 0.15) is 17.2 Å². The number of halogens is 1. The Morgan fingerprint density at radius 3 is 2.40 bits per heavy atom. The summed E-state index contributed by atoms with van der Waals surface area (Å²) in [5.74, 6) is 0.669. The van der Waals surface area contributed by atoms with Crippen LogP contribution in [0.5, 0.6) is 5.75 Å². The van der Waals surface area contributed by atoms with Gasteiger partial charge >= 0.3 is 0 Å². The van der Waals surface area contributed by atoms with Gasteiger partial charge in [-0.2, -0.15) is 5.10 Å². The van der Waals surface area contributed by atoms with Crippen LogP contribution in [-0.4, -0.2) is 32.1 Å². The van der Waals surface area contributed by atoms with Gasteiger partial charge in [0.2, 0.25) is 0 Å². The molecule has 0 spiro atoms. The zero-order valence-electron chi connectivity index (χ0n) is 13.6. The highest BCUT2D eigenvalue weighted by Crippen LogP contribution is 2.37.